The first kappa shape index (κ1) is 13.2. The number of anilines is 1. The highest BCUT2D eigenvalue weighted by atomic mass is 16.5. The van der Waals surface area contributed by atoms with E-state index in [9.17, 15) is 4.79 Å². The lowest BCUT2D eigenvalue weighted by molar-refractivity contribution is -0.139. The minimum Gasteiger partial charge on any atom is -0.477 e. The fourth-order valence-corrected chi connectivity index (χ4v) is 3.14. The van der Waals surface area contributed by atoms with E-state index in [4.69, 9.17) is 4.74 Å². The Labute approximate surface area is 128 Å². The van der Waals surface area contributed by atoms with E-state index in [0.29, 0.717) is 19.6 Å². The molecule has 0 fully saturated rings. The molecular weight excluding hydrogens is 280 g/mol. The molecule has 1 unspecified atom stereocenters. The van der Waals surface area contributed by atoms with Crippen LogP contribution in [0.2, 0.25) is 0 Å². The van der Waals surface area contributed by atoms with Crippen molar-refractivity contribution in [3.05, 3.63) is 42.0 Å². The van der Waals surface area contributed by atoms with Crippen molar-refractivity contribution in [2.45, 2.75) is 19.1 Å². The molecule has 1 amide bonds. The van der Waals surface area contributed by atoms with Crippen LogP contribution < -0.4 is 9.64 Å². The second-order valence-corrected chi connectivity index (χ2v) is 5.79. The Morgan fingerprint density at radius 3 is 3.18 bits per heavy atom. The maximum absolute atomic E-state index is 12.8. The van der Waals surface area contributed by atoms with Crippen LogP contribution in [0.4, 0.5) is 5.69 Å². The average molecular weight is 298 g/mol. The van der Waals surface area contributed by atoms with Gasteiger partial charge in [-0.25, -0.2) is 4.98 Å². The van der Waals surface area contributed by atoms with E-state index in [1.54, 1.807) is 6.33 Å². The number of nitrogens with zero attached hydrogens (tertiary/aromatic N) is 3. The monoisotopic (exact) mass is 298 g/mol. The van der Waals surface area contributed by atoms with Crippen LogP contribution in [-0.4, -0.2) is 47.0 Å². The molecule has 2 aliphatic rings. The Balaban J connectivity index is 1.53. The van der Waals surface area contributed by atoms with Crippen LogP contribution in [0.5, 0.6) is 5.75 Å². The molecular formula is C16H18N4O2. The second-order valence-electron chi connectivity index (χ2n) is 5.79. The fourth-order valence-electron chi connectivity index (χ4n) is 3.14. The van der Waals surface area contributed by atoms with Crippen molar-refractivity contribution in [3.8, 4) is 5.75 Å². The Morgan fingerprint density at radius 2 is 2.27 bits per heavy atom. The Bertz CT molecular complexity index is 712. The number of ether oxygens (including phenoxy) is 1. The van der Waals surface area contributed by atoms with Crippen LogP contribution in [0.3, 0.4) is 0 Å². The normalized spacial score (nSPS) is 20.1. The third-order valence-electron chi connectivity index (χ3n) is 4.35. The first-order chi connectivity index (χ1) is 10.7. The maximum atomic E-state index is 12.8. The lowest BCUT2D eigenvalue weighted by atomic mass is 10.1. The van der Waals surface area contributed by atoms with E-state index in [1.807, 2.05) is 36.2 Å². The standard InChI is InChI=1S/C16H18N4O2/c1-19-9-15(22-14-5-3-2-4-13(14)19)16(21)20-7-6-11-12(8-20)18-10-17-11/h2-5,10,15H,6-9H2,1H3,(H,17,18). The van der Waals surface area contributed by atoms with Gasteiger partial charge in [0.25, 0.3) is 5.91 Å². The Hall–Kier alpha value is -2.50. The molecule has 114 valence electrons. The zero-order chi connectivity index (χ0) is 15.1. The van der Waals surface area contributed by atoms with Gasteiger partial charge in [-0.05, 0) is 12.1 Å². The van der Waals surface area contributed by atoms with Gasteiger partial charge in [-0.15, -0.1) is 0 Å². The smallest absolute Gasteiger partial charge is 0.265 e. The fraction of sp³-hybridized carbons (Fsp3) is 0.375. The van der Waals surface area contributed by atoms with E-state index in [-0.39, 0.29) is 5.91 Å². The zero-order valence-corrected chi connectivity index (χ0v) is 12.5. The van der Waals surface area contributed by atoms with Crippen molar-refractivity contribution in [1.29, 1.82) is 0 Å². The number of para-hydroxylation sites is 2. The van der Waals surface area contributed by atoms with Gasteiger partial charge in [0.2, 0.25) is 0 Å². The topological polar surface area (TPSA) is 61.5 Å². The van der Waals surface area contributed by atoms with Crippen molar-refractivity contribution in [2.75, 3.05) is 25.0 Å². The third kappa shape index (κ3) is 2.11. The molecule has 4 rings (SSSR count). The number of amides is 1. The summed E-state index contributed by atoms with van der Waals surface area (Å²) in [5.41, 5.74) is 3.13. The predicted molar refractivity (Wildman–Crippen MR) is 81.8 cm³/mol. The molecule has 3 heterocycles. The average Bonchev–Trinajstić information content (AvgIpc) is 3.01. The zero-order valence-electron chi connectivity index (χ0n) is 12.5. The van der Waals surface area contributed by atoms with Crippen LogP contribution in [0.1, 0.15) is 11.4 Å². The lowest BCUT2D eigenvalue weighted by Crippen LogP contribution is -2.50. The first-order valence-corrected chi connectivity index (χ1v) is 7.49. The van der Waals surface area contributed by atoms with E-state index in [0.717, 1.165) is 29.2 Å². The number of hydrogen-bond donors (Lipinski definition) is 1. The van der Waals surface area contributed by atoms with Gasteiger partial charge in [0.15, 0.2) is 6.10 Å². The summed E-state index contributed by atoms with van der Waals surface area (Å²) in [4.78, 5) is 24.1. The number of hydrogen-bond acceptors (Lipinski definition) is 4. The van der Waals surface area contributed by atoms with Gasteiger partial charge < -0.3 is 19.5 Å². The summed E-state index contributed by atoms with van der Waals surface area (Å²) >= 11 is 0. The summed E-state index contributed by atoms with van der Waals surface area (Å²) in [5.74, 6) is 0.815. The molecule has 2 aliphatic heterocycles. The van der Waals surface area contributed by atoms with Crippen molar-refractivity contribution in [3.63, 3.8) is 0 Å². The molecule has 0 aliphatic carbocycles. The Morgan fingerprint density at radius 1 is 1.41 bits per heavy atom. The SMILES string of the molecule is CN1CC(C(=O)N2CCc3nc[nH]c3C2)Oc2ccccc21. The summed E-state index contributed by atoms with van der Waals surface area (Å²) in [5, 5.41) is 0. The number of imidazole rings is 1. The molecule has 1 aromatic heterocycles. The number of carbonyl (C=O) groups is 1. The summed E-state index contributed by atoms with van der Waals surface area (Å²) in [6.07, 6.45) is 2.04. The van der Waals surface area contributed by atoms with Gasteiger partial charge >= 0.3 is 0 Å². The molecule has 0 bridgehead atoms. The predicted octanol–water partition coefficient (Wildman–Crippen LogP) is 1.19. The van der Waals surface area contributed by atoms with E-state index < -0.39 is 6.10 Å². The lowest BCUT2D eigenvalue weighted by Gasteiger charge is -2.36. The van der Waals surface area contributed by atoms with E-state index >= 15 is 0 Å². The van der Waals surface area contributed by atoms with Crippen molar-refractivity contribution < 1.29 is 9.53 Å². The number of likely N-dealkylation sites (N-methyl/N-ethyl adjacent to an activating group) is 1. The van der Waals surface area contributed by atoms with Crippen LogP contribution in [-0.2, 0) is 17.8 Å². The van der Waals surface area contributed by atoms with Crippen LogP contribution in [0.25, 0.3) is 0 Å². The maximum Gasteiger partial charge on any atom is 0.265 e. The molecule has 1 atom stereocenters. The van der Waals surface area contributed by atoms with Gasteiger partial charge in [-0.1, -0.05) is 12.1 Å². The summed E-state index contributed by atoms with van der Waals surface area (Å²) in [7, 11) is 1.99. The highest BCUT2D eigenvalue weighted by molar-refractivity contribution is 5.83. The number of carbonyl (C=O) groups excluding carboxylic acids is 1. The van der Waals surface area contributed by atoms with Crippen LogP contribution in [0.15, 0.2) is 30.6 Å². The van der Waals surface area contributed by atoms with E-state index in [1.165, 1.54) is 0 Å². The molecule has 1 aromatic carbocycles. The van der Waals surface area contributed by atoms with Gasteiger partial charge in [-0.3, -0.25) is 4.79 Å². The van der Waals surface area contributed by atoms with Gasteiger partial charge in [0, 0.05) is 20.0 Å². The number of H-pyrrole nitrogens is 1. The van der Waals surface area contributed by atoms with Gasteiger partial charge in [0.1, 0.15) is 5.75 Å². The number of aromatic amines is 1. The molecule has 22 heavy (non-hydrogen) atoms. The molecule has 2 aromatic rings. The summed E-state index contributed by atoms with van der Waals surface area (Å²) < 4.78 is 5.93. The minimum absolute atomic E-state index is 0.0432. The van der Waals surface area contributed by atoms with Crippen LogP contribution >= 0.6 is 0 Å². The number of aromatic nitrogens is 2. The molecule has 6 nitrogen and oxygen atoms in total. The minimum atomic E-state index is -0.454. The Kier molecular flexibility index (Phi) is 3.03. The highest BCUT2D eigenvalue weighted by Gasteiger charge is 2.33. The third-order valence-corrected chi connectivity index (χ3v) is 4.35. The highest BCUT2D eigenvalue weighted by Crippen LogP contribution is 2.32. The van der Waals surface area contributed by atoms with Crippen LogP contribution in [0, 0.1) is 0 Å². The summed E-state index contributed by atoms with van der Waals surface area (Å²) in [6.45, 7) is 1.85. The quantitative estimate of drug-likeness (QED) is 0.859. The van der Waals surface area contributed by atoms with E-state index in [2.05, 4.69) is 14.9 Å². The summed E-state index contributed by atoms with van der Waals surface area (Å²) in [6, 6.07) is 7.82. The number of nitrogens with one attached hydrogen (secondary N) is 1. The molecule has 0 saturated heterocycles. The van der Waals surface area contributed by atoms with Crippen molar-refractivity contribution in [2.24, 2.45) is 0 Å². The molecule has 6 heteroatoms. The van der Waals surface area contributed by atoms with Crippen molar-refractivity contribution >= 4 is 11.6 Å². The van der Waals surface area contributed by atoms with Gasteiger partial charge in [0.05, 0.1) is 36.5 Å². The molecule has 0 saturated carbocycles. The largest absolute Gasteiger partial charge is 0.477 e. The number of benzene rings is 1. The molecule has 0 radical (unpaired) electrons. The van der Waals surface area contributed by atoms with Crippen molar-refractivity contribution in [1.82, 2.24) is 14.9 Å². The number of fused-ring (bicyclic) bond motifs is 2. The van der Waals surface area contributed by atoms with Gasteiger partial charge in [-0.2, -0.15) is 0 Å². The number of rotatable bonds is 1. The second kappa shape index (κ2) is 5.05. The first-order valence-electron chi connectivity index (χ1n) is 7.49. The molecule has 1 N–H and O–H groups in total. The molecule has 0 spiro atoms.